The molecular weight excluding hydrogens is 292 g/mol. The Kier molecular flexibility index (Phi) is 4.50. The Morgan fingerprint density at radius 1 is 1.17 bits per heavy atom. The standard InChI is InChI=1S/C18H20N2O3/c1-12-15(11-20(19-12)18(2,3)4)16(21)10-7-13-5-8-14(9-6-13)17(22)23/h5-11H,1-4H3,(H,22,23)/b10-7+. The fraction of sp³-hybridized carbons (Fsp3) is 0.278. The number of rotatable bonds is 4. The van der Waals surface area contributed by atoms with Gasteiger partial charge in [0.1, 0.15) is 0 Å². The predicted molar refractivity (Wildman–Crippen MR) is 88.7 cm³/mol. The third-order valence-electron chi connectivity index (χ3n) is 3.44. The Morgan fingerprint density at radius 3 is 2.26 bits per heavy atom. The van der Waals surface area contributed by atoms with Crippen LogP contribution in [-0.4, -0.2) is 26.6 Å². The molecule has 2 rings (SSSR count). The number of hydrogen-bond acceptors (Lipinski definition) is 3. The van der Waals surface area contributed by atoms with Crippen LogP contribution in [0.25, 0.3) is 6.08 Å². The molecule has 5 nitrogen and oxygen atoms in total. The smallest absolute Gasteiger partial charge is 0.335 e. The summed E-state index contributed by atoms with van der Waals surface area (Å²) >= 11 is 0. The SMILES string of the molecule is Cc1nn(C(C)(C)C)cc1C(=O)/C=C/c1ccc(C(=O)O)cc1. The Labute approximate surface area is 135 Å². The van der Waals surface area contributed by atoms with Crippen molar-refractivity contribution in [2.45, 2.75) is 33.2 Å². The van der Waals surface area contributed by atoms with Gasteiger partial charge in [0.05, 0.1) is 22.4 Å². The molecule has 0 fully saturated rings. The van der Waals surface area contributed by atoms with Crippen LogP contribution in [-0.2, 0) is 5.54 Å². The second-order valence-electron chi connectivity index (χ2n) is 6.37. The van der Waals surface area contributed by atoms with Gasteiger partial charge < -0.3 is 5.11 Å². The maximum Gasteiger partial charge on any atom is 0.335 e. The third-order valence-corrected chi connectivity index (χ3v) is 3.44. The summed E-state index contributed by atoms with van der Waals surface area (Å²) in [7, 11) is 0. The maximum atomic E-state index is 12.3. The van der Waals surface area contributed by atoms with Crippen molar-refractivity contribution in [3.05, 3.63) is 58.9 Å². The van der Waals surface area contributed by atoms with Gasteiger partial charge in [0.15, 0.2) is 5.78 Å². The summed E-state index contributed by atoms with van der Waals surface area (Å²) in [4.78, 5) is 23.1. The molecule has 0 aliphatic carbocycles. The maximum absolute atomic E-state index is 12.3. The highest BCUT2D eigenvalue weighted by atomic mass is 16.4. The van der Waals surface area contributed by atoms with E-state index in [1.807, 2.05) is 27.7 Å². The van der Waals surface area contributed by atoms with Gasteiger partial charge in [0.2, 0.25) is 0 Å². The molecule has 120 valence electrons. The molecule has 1 aromatic heterocycles. The normalized spacial score (nSPS) is 11.8. The molecule has 0 radical (unpaired) electrons. The first-order valence-electron chi connectivity index (χ1n) is 7.31. The molecule has 1 heterocycles. The van der Waals surface area contributed by atoms with Gasteiger partial charge >= 0.3 is 5.97 Å². The van der Waals surface area contributed by atoms with E-state index < -0.39 is 5.97 Å². The number of hydrogen-bond donors (Lipinski definition) is 1. The van der Waals surface area contributed by atoms with E-state index in [9.17, 15) is 9.59 Å². The third kappa shape index (κ3) is 3.94. The molecule has 0 aliphatic rings. The van der Waals surface area contributed by atoms with Crippen molar-refractivity contribution >= 4 is 17.8 Å². The van der Waals surface area contributed by atoms with Crippen molar-refractivity contribution in [1.82, 2.24) is 9.78 Å². The summed E-state index contributed by atoms with van der Waals surface area (Å²) in [6.45, 7) is 7.87. The van der Waals surface area contributed by atoms with Crippen LogP contribution in [0.5, 0.6) is 0 Å². The summed E-state index contributed by atoms with van der Waals surface area (Å²) in [5.41, 5.74) is 2.06. The highest BCUT2D eigenvalue weighted by molar-refractivity contribution is 6.07. The minimum absolute atomic E-state index is 0.125. The molecule has 0 aliphatic heterocycles. The van der Waals surface area contributed by atoms with Gasteiger partial charge in [-0.15, -0.1) is 0 Å². The summed E-state index contributed by atoms with van der Waals surface area (Å²) < 4.78 is 1.78. The minimum atomic E-state index is -0.971. The number of benzene rings is 1. The topological polar surface area (TPSA) is 72.2 Å². The molecule has 1 aromatic carbocycles. The van der Waals surface area contributed by atoms with Crippen LogP contribution in [0.3, 0.4) is 0 Å². The number of carbonyl (C=O) groups is 2. The number of aromatic nitrogens is 2. The van der Waals surface area contributed by atoms with E-state index in [1.54, 1.807) is 29.1 Å². The average Bonchev–Trinajstić information content (AvgIpc) is 2.87. The van der Waals surface area contributed by atoms with Crippen molar-refractivity contribution in [2.24, 2.45) is 0 Å². The first-order valence-corrected chi connectivity index (χ1v) is 7.31. The zero-order valence-corrected chi connectivity index (χ0v) is 13.7. The number of carbonyl (C=O) groups excluding carboxylic acids is 1. The van der Waals surface area contributed by atoms with Crippen LogP contribution < -0.4 is 0 Å². The summed E-state index contributed by atoms with van der Waals surface area (Å²) in [6.07, 6.45) is 4.91. The zero-order chi connectivity index (χ0) is 17.2. The number of carboxylic acid groups (broad SMARTS) is 1. The van der Waals surface area contributed by atoms with Gasteiger partial charge in [-0.25, -0.2) is 4.79 Å². The first kappa shape index (κ1) is 16.7. The first-order chi connectivity index (χ1) is 10.7. The average molecular weight is 312 g/mol. The Bertz CT molecular complexity index is 763. The number of carboxylic acids is 1. The highest BCUT2D eigenvalue weighted by Crippen LogP contribution is 2.17. The van der Waals surface area contributed by atoms with E-state index >= 15 is 0 Å². The van der Waals surface area contributed by atoms with Crippen LogP contribution in [0.1, 0.15) is 52.7 Å². The second-order valence-corrected chi connectivity index (χ2v) is 6.37. The Hall–Kier alpha value is -2.69. The van der Waals surface area contributed by atoms with Crippen LogP contribution in [0.2, 0.25) is 0 Å². The van der Waals surface area contributed by atoms with Crippen molar-refractivity contribution in [2.75, 3.05) is 0 Å². The fourth-order valence-electron chi connectivity index (χ4n) is 2.04. The van der Waals surface area contributed by atoms with Gasteiger partial charge in [0, 0.05) is 6.20 Å². The molecule has 0 amide bonds. The molecule has 0 unspecified atom stereocenters. The lowest BCUT2D eigenvalue weighted by molar-refractivity contribution is 0.0696. The van der Waals surface area contributed by atoms with E-state index in [4.69, 9.17) is 5.11 Å². The van der Waals surface area contributed by atoms with Crippen LogP contribution in [0, 0.1) is 6.92 Å². The predicted octanol–water partition coefficient (Wildman–Crippen LogP) is 3.54. The highest BCUT2D eigenvalue weighted by Gasteiger charge is 2.18. The number of aryl methyl sites for hydroxylation is 1. The largest absolute Gasteiger partial charge is 0.478 e. The number of ketones is 1. The molecular formula is C18H20N2O3. The van der Waals surface area contributed by atoms with Crippen LogP contribution in [0.15, 0.2) is 36.5 Å². The van der Waals surface area contributed by atoms with Crippen LogP contribution >= 0.6 is 0 Å². The number of aromatic carboxylic acids is 1. The summed E-state index contributed by atoms with van der Waals surface area (Å²) in [5.74, 6) is -1.10. The van der Waals surface area contributed by atoms with Crippen molar-refractivity contribution in [1.29, 1.82) is 0 Å². The Morgan fingerprint density at radius 2 is 1.78 bits per heavy atom. The van der Waals surface area contributed by atoms with Crippen molar-refractivity contribution < 1.29 is 14.7 Å². The molecule has 0 saturated carbocycles. The van der Waals surface area contributed by atoms with Gasteiger partial charge in [0.25, 0.3) is 0 Å². The molecule has 0 atom stereocenters. The molecule has 0 bridgehead atoms. The number of nitrogens with zero attached hydrogens (tertiary/aromatic N) is 2. The molecule has 0 saturated heterocycles. The van der Waals surface area contributed by atoms with Gasteiger partial charge in [-0.1, -0.05) is 18.2 Å². The second kappa shape index (κ2) is 6.20. The van der Waals surface area contributed by atoms with Gasteiger partial charge in [-0.2, -0.15) is 5.10 Å². The van der Waals surface area contributed by atoms with E-state index in [0.717, 1.165) is 5.56 Å². The van der Waals surface area contributed by atoms with E-state index in [-0.39, 0.29) is 16.9 Å². The lowest BCUT2D eigenvalue weighted by Crippen LogP contribution is -2.22. The minimum Gasteiger partial charge on any atom is -0.478 e. The van der Waals surface area contributed by atoms with Gasteiger partial charge in [-0.05, 0) is 51.5 Å². The van der Waals surface area contributed by atoms with Crippen LogP contribution in [0.4, 0.5) is 0 Å². The molecule has 1 N–H and O–H groups in total. The summed E-state index contributed by atoms with van der Waals surface area (Å²) in [5, 5.41) is 13.2. The monoisotopic (exact) mass is 312 g/mol. The fourth-order valence-corrected chi connectivity index (χ4v) is 2.04. The molecule has 5 heteroatoms. The van der Waals surface area contributed by atoms with Gasteiger partial charge in [-0.3, -0.25) is 9.48 Å². The van der Waals surface area contributed by atoms with Crippen molar-refractivity contribution in [3.63, 3.8) is 0 Å². The Balaban J connectivity index is 2.18. The van der Waals surface area contributed by atoms with E-state index in [2.05, 4.69) is 5.10 Å². The van der Waals surface area contributed by atoms with Crippen molar-refractivity contribution in [3.8, 4) is 0 Å². The quantitative estimate of drug-likeness (QED) is 0.692. The van der Waals surface area contributed by atoms with E-state index in [1.165, 1.54) is 18.2 Å². The molecule has 23 heavy (non-hydrogen) atoms. The lowest BCUT2D eigenvalue weighted by Gasteiger charge is -2.18. The summed E-state index contributed by atoms with van der Waals surface area (Å²) in [6, 6.07) is 6.35. The number of allylic oxidation sites excluding steroid dienone is 1. The molecule has 2 aromatic rings. The van der Waals surface area contributed by atoms with E-state index in [0.29, 0.717) is 11.3 Å². The lowest BCUT2D eigenvalue weighted by atomic mass is 10.1. The zero-order valence-electron chi connectivity index (χ0n) is 13.7. The molecule has 0 spiro atoms.